The molecule has 494 valence electrons. The number of aliphatic hydroxyl groups excluding tert-OH is 11. The predicted octanol–water partition coefficient (Wildman–Crippen LogP) is 7.60. The van der Waals surface area contributed by atoms with Gasteiger partial charge in [0, 0.05) is 6.42 Å². The first-order valence-electron chi connectivity index (χ1n) is 33.0. The molecule has 0 aromatic carbocycles. The molecule has 0 saturated carbocycles. The third-order valence-corrected chi connectivity index (χ3v) is 16.3. The number of rotatable bonds is 49. The van der Waals surface area contributed by atoms with Crippen LogP contribution in [-0.2, 0) is 33.2 Å². The number of unbranched alkanes of at least 4 members (excludes halogenated alkanes) is 25. The second-order valence-electron chi connectivity index (χ2n) is 23.6. The smallest absolute Gasteiger partial charge is 0.220 e. The van der Waals surface area contributed by atoms with E-state index in [1.807, 2.05) is 6.08 Å². The first-order chi connectivity index (χ1) is 41.3. The Kier molecular flexibility index (Phi) is 43.7. The Hall–Kier alpha value is -2.51. The van der Waals surface area contributed by atoms with Crippen LogP contribution in [0, 0.1) is 0 Å². The number of ether oxygens (including phenoxy) is 6. The molecule has 0 aliphatic carbocycles. The quantitative estimate of drug-likeness (QED) is 0.0206. The van der Waals surface area contributed by atoms with Gasteiger partial charge in [-0.2, -0.15) is 0 Å². The van der Waals surface area contributed by atoms with E-state index >= 15 is 0 Å². The van der Waals surface area contributed by atoms with Crippen LogP contribution >= 0.6 is 0 Å². The van der Waals surface area contributed by atoms with Crippen molar-refractivity contribution in [2.75, 3.05) is 26.4 Å². The van der Waals surface area contributed by atoms with Crippen molar-refractivity contribution in [3.8, 4) is 0 Å². The first kappa shape index (κ1) is 76.7. The van der Waals surface area contributed by atoms with Gasteiger partial charge in [-0.1, -0.05) is 216 Å². The molecule has 3 aliphatic rings. The molecule has 3 rings (SSSR count). The van der Waals surface area contributed by atoms with E-state index in [1.54, 1.807) is 6.08 Å². The Morgan fingerprint density at radius 3 is 1.27 bits per heavy atom. The number of aliphatic hydroxyl groups is 11. The average molecular weight is 1210 g/mol. The van der Waals surface area contributed by atoms with Crippen LogP contribution in [0.3, 0.4) is 0 Å². The summed E-state index contributed by atoms with van der Waals surface area (Å²) in [5.41, 5.74) is 0. The molecule has 17 unspecified atom stereocenters. The van der Waals surface area contributed by atoms with Gasteiger partial charge >= 0.3 is 0 Å². The van der Waals surface area contributed by atoms with E-state index in [2.05, 4.69) is 67.8 Å². The summed E-state index contributed by atoms with van der Waals surface area (Å²) in [5, 5.41) is 120. The number of allylic oxidation sites excluding steroid dienone is 9. The summed E-state index contributed by atoms with van der Waals surface area (Å²) in [5.74, 6) is -0.280. The molecule has 19 nitrogen and oxygen atoms in total. The summed E-state index contributed by atoms with van der Waals surface area (Å²) < 4.78 is 34.3. The van der Waals surface area contributed by atoms with Crippen LogP contribution in [0.15, 0.2) is 60.8 Å². The molecule has 3 fully saturated rings. The third kappa shape index (κ3) is 31.2. The highest BCUT2D eigenvalue weighted by atomic mass is 16.8. The molecule has 3 heterocycles. The van der Waals surface area contributed by atoms with Crippen LogP contribution in [-0.4, -0.2) is 193 Å². The van der Waals surface area contributed by atoms with Gasteiger partial charge in [-0.05, 0) is 57.8 Å². The van der Waals surface area contributed by atoms with E-state index in [1.165, 1.54) is 116 Å². The van der Waals surface area contributed by atoms with E-state index in [0.717, 1.165) is 77.0 Å². The van der Waals surface area contributed by atoms with Gasteiger partial charge in [0.2, 0.25) is 5.91 Å². The lowest BCUT2D eigenvalue weighted by molar-refractivity contribution is -0.379. The van der Waals surface area contributed by atoms with Crippen molar-refractivity contribution in [2.24, 2.45) is 0 Å². The average Bonchev–Trinajstić information content (AvgIpc) is 3.63. The van der Waals surface area contributed by atoms with Crippen LogP contribution in [0.4, 0.5) is 0 Å². The van der Waals surface area contributed by atoms with Crippen molar-refractivity contribution in [3.63, 3.8) is 0 Å². The zero-order valence-corrected chi connectivity index (χ0v) is 51.8. The van der Waals surface area contributed by atoms with E-state index in [4.69, 9.17) is 28.4 Å². The summed E-state index contributed by atoms with van der Waals surface area (Å²) >= 11 is 0. The topological polar surface area (TPSA) is 307 Å². The zero-order chi connectivity index (χ0) is 61.9. The van der Waals surface area contributed by atoms with Crippen molar-refractivity contribution in [3.05, 3.63) is 60.8 Å². The highest BCUT2D eigenvalue weighted by Crippen LogP contribution is 2.33. The largest absolute Gasteiger partial charge is 0.394 e. The fourth-order valence-corrected chi connectivity index (χ4v) is 10.9. The maximum Gasteiger partial charge on any atom is 0.220 e. The van der Waals surface area contributed by atoms with Crippen molar-refractivity contribution >= 4 is 5.91 Å². The maximum atomic E-state index is 13.4. The number of hydrogen-bond donors (Lipinski definition) is 12. The fraction of sp³-hybridized carbons (Fsp3) is 0.833. The van der Waals surface area contributed by atoms with Crippen molar-refractivity contribution < 1.29 is 89.4 Å². The minimum absolute atomic E-state index is 0.239. The number of amides is 1. The maximum absolute atomic E-state index is 13.4. The van der Waals surface area contributed by atoms with E-state index in [-0.39, 0.29) is 18.9 Å². The minimum atomic E-state index is -1.98. The second kappa shape index (κ2) is 48.4. The van der Waals surface area contributed by atoms with E-state index in [0.29, 0.717) is 6.42 Å². The molecule has 1 amide bonds. The zero-order valence-electron chi connectivity index (χ0n) is 51.8. The number of carbonyl (C=O) groups excluding carboxylic acids is 1. The van der Waals surface area contributed by atoms with Crippen molar-refractivity contribution in [1.82, 2.24) is 5.32 Å². The third-order valence-electron chi connectivity index (χ3n) is 16.3. The highest BCUT2D eigenvalue weighted by Gasteiger charge is 2.53. The van der Waals surface area contributed by atoms with Gasteiger partial charge in [-0.25, -0.2) is 0 Å². The molecule has 0 aromatic rings. The summed E-state index contributed by atoms with van der Waals surface area (Å²) in [6, 6.07) is -0.976. The Morgan fingerprint density at radius 1 is 0.435 bits per heavy atom. The molecular formula is C66H117NO18. The number of hydrogen-bond acceptors (Lipinski definition) is 18. The monoisotopic (exact) mass is 1210 g/mol. The molecule has 12 N–H and O–H groups in total. The molecule has 0 bridgehead atoms. The Balaban J connectivity index is 1.44. The Morgan fingerprint density at radius 2 is 0.812 bits per heavy atom. The lowest BCUT2D eigenvalue weighted by Crippen LogP contribution is -2.66. The van der Waals surface area contributed by atoms with Crippen LogP contribution < -0.4 is 5.32 Å². The van der Waals surface area contributed by atoms with Gasteiger partial charge in [0.1, 0.15) is 73.2 Å². The molecule has 19 heteroatoms. The molecule has 0 aromatic heterocycles. The molecule has 3 aliphatic heterocycles. The fourth-order valence-electron chi connectivity index (χ4n) is 10.9. The molecular weight excluding hydrogens is 1090 g/mol. The van der Waals surface area contributed by atoms with Crippen molar-refractivity contribution in [1.29, 1.82) is 0 Å². The molecule has 3 saturated heterocycles. The Bertz CT molecular complexity index is 1780. The lowest BCUT2D eigenvalue weighted by Gasteiger charge is -2.48. The molecule has 85 heavy (non-hydrogen) atoms. The van der Waals surface area contributed by atoms with E-state index < -0.39 is 124 Å². The highest BCUT2D eigenvalue weighted by molar-refractivity contribution is 5.76. The van der Waals surface area contributed by atoms with E-state index in [9.17, 15) is 61.0 Å². The van der Waals surface area contributed by atoms with Gasteiger partial charge in [-0.3, -0.25) is 4.79 Å². The normalized spacial score (nSPS) is 29.4. The minimum Gasteiger partial charge on any atom is -0.394 e. The number of carbonyl (C=O) groups is 1. The summed E-state index contributed by atoms with van der Waals surface area (Å²) in [6.07, 6.45) is 30.5. The summed E-state index contributed by atoms with van der Waals surface area (Å²) in [6.45, 7) is 1.61. The van der Waals surface area contributed by atoms with Crippen LogP contribution in [0.5, 0.6) is 0 Å². The molecule has 0 spiro atoms. The Labute approximate surface area is 509 Å². The van der Waals surface area contributed by atoms with Crippen molar-refractivity contribution in [2.45, 2.75) is 324 Å². The van der Waals surface area contributed by atoms with Gasteiger partial charge in [0.05, 0.1) is 38.6 Å². The van der Waals surface area contributed by atoms with Crippen LogP contribution in [0.2, 0.25) is 0 Å². The van der Waals surface area contributed by atoms with Gasteiger partial charge < -0.3 is 89.9 Å². The van der Waals surface area contributed by atoms with Crippen LogP contribution in [0.1, 0.15) is 219 Å². The van der Waals surface area contributed by atoms with Gasteiger partial charge in [0.25, 0.3) is 0 Å². The standard InChI is InChI=1S/C66H117NO18/c1-3-5-7-9-11-13-15-17-19-20-21-22-23-24-25-26-27-28-30-32-34-36-38-40-42-44-54(72)67-49(50(71)43-41-39-37-35-33-31-29-18-16-14-12-10-8-6-4-2)48-80-64-60(78)57(75)62(52(46-69)82-64)85-66-61(79)58(76)63(53(47-70)83-66)84-65-59(77)56(74)55(73)51(45-68)81-65/h5,7,11,13,17,19,21-22,41,43,49-53,55-66,68-71,73-79H,3-4,6,8-10,12,14-16,18,20,23-40,42,44-48H2,1-2H3,(H,67,72)/b7-5-,13-11-,19-17-,22-21-,43-41+. The summed E-state index contributed by atoms with van der Waals surface area (Å²) in [7, 11) is 0. The predicted molar refractivity (Wildman–Crippen MR) is 328 cm³/mol. The lowest BCUT2D eigenvalue weighted by atomic mass is 9.96. The molecule has 17 atom stereocenters. The second-order valence-corrected chi connectivity index (χ2v) is 23.6. The molecule has 0 radical (unpaired) electrons. The van der Waals surface area contributed by atoms with Crippen LogP contribution in [0.25, 0.3) is 0 Å². The summed E-state index contributed by atoms with van der Waals surface area (Å²) in [4.78, 5) is 13.4. The van der Waals surface area contributed by atoms with Gasteiger partial charge in [-0.15, -0.1) is 0 Å². The number of nitrogens with one attached hydrogen (secondary N) is 1. The van der Waals surface area contributed by atoms with Gasteiger partial charge in [0.15, 0.2) is 18.9 Å². The SMILES string of the molecule is CC/C=C\C/C=C\C/C=C\C/C=C\CCCCCCCCCCCCCCC(=O)NC(COC1OC(CO)C(OC2OC(CO)C(OC3OC(CO)C(O)C(O)C3O)C(O)C2O)C(O)C1O)C(O)/C=C/CCCCCCCCCCCCCCC. The first-order valence-corrected chi connectivity index (χ1v) is 33.0.